The molecule has 4 rings (SSSR count). The number of likely N-dealkylation sites (tertiary alicyclic amines) is 1. The number of hydrogen-bond acceptors (Lipinski definition) is 4. The second-order valence-corrected chi connectivity index (χ2v) is 9.42. The molecule has 2 fully saturated rings. The van der Waals surface area contributed by atoms with Crippen molar-refractivity contribution in [1.29, 1.82) is 0 Å². The molecule has 1 spiro atoms. The largest absolute Gasteiger partial charge is 0.358 e. The van der Waals surface area contributed by atoms with E-state index in [1.54, 1.807) is 17.0 Å². The highest BCUT2D eigenvalue weighted by Crippen LogP contribution is 2.38. The molecule has 0 atom stereocenters. The molecule has 154 valence electrons. The van der Waals surface area contributed by atoms with Crippen molar-refractivity contribution in [2.45, 2.75) is 23.5 Å². The zero-order valence-electron chi connectivity index (χ0n) is 15.6. The van der Waals surface area contributed by atoms with E-state index < -0.39 is 21.6 Å². The van der Waals surface area contributed by atoms with Crippen molar-refractivity contribution in [3.05, 3.63) is 64.9 Å². The summed E-state index contributed by atoms with van der Waals surface area (Å²) in [4.78, 5) is 14.5. The van der Waals surface area contributed by atoms with E-state index in [2.05, 4.69) is 0 Å². The molecule has 0 radical (unpaired) electrons. The molecule has 6 nitrogen and oxygen atoms in total. The van der Waals surface area contributed by atoms with Crippen LogP contribution in [0.2, 0.25) is 5.02 Å². The lowest BCUT2D eigenvalue weighted by atomic mass is 10.00. The fourth-order valence-corrected chi connectivity index (χ4v) is 5.74. The highest BCUT2D eigenvalue weighted by molar-refractivity contribution is 7.89. The molecule has 2 heterocycles. The lowest BCUT2D eigenvalue weighted by Gasteiger charge is -2.42. The molecule has 2 aliphatic rings. The molecule has 0 aliphatic carbocycles. The van der Waals surface area contributed by atoms with Gasteiger partial charge in [0.25, 0.3) is 5.91 Å². The molecule has 29 heavy (non-hydrogen) atoms. The molecule has 0 saturated carbocycles. The zero-order valence-corrected chi connectivity index (χ0v) is 17.1. The van der Waals surface area contributed by atoms with Crippen molar-refractivity contribution in [1.82, 2.24) is 9.21 Å². The first-order valence-electron chi connectivity index (χ1n) is 9.29. The highest BCUT2D eigenvalue weighted by atomic mass is 35.5. The van der Waals surface area contributed by atoms with Crippen LogP contribution < -0.4 is 0 Å². The first kappa shape index (κ1) is 20.3. The summed E-state index contributed by atoms with van der Waals surface area (Å²) in [6.07, 6.45) is 0.736. The summed E-state index contributed by atoms with van der Waals surface area (Å²) in [5.74, 6) is -0.605. The summed E-state index contributed by atoms with van der Waals surface area (Å²) in [5.41, 5.74) is -0.557. The predicted molar refractivity (Wildman–Crippen MR) is 106 cm³/mol. The second kappa shape index (κ2) is 7.68. The minimum atomic E-state index is -3.75. The van der Waals surface area contributed by atoms with E-state index in [1.165, 1.54) is 40.7 Å². The quantitative estimate of drug-likeness (QED) is 0.738. The monoisotopic (exact) mass is 438 g/mol. The maximum absolute atomic E-state index is 13.2. The van der Waals surface area contributed by atoms with Crippen molar-refractivity contribution >= 4 is 27.5 Å². The van der Waals surface area contributed by atoms with Crippen LogP contribution in [0.5, 0.6) is 0 Å². The van der Waals surface area contributed by atoms with Crippen LogP contribution in [0.25, 0.3) is 0 Å². The highest BCUT2D eigenvalue weighted by Gasteiger charge is 2.51. The Morgan fingerprint density at radius 2 is 1.62 bits per heavy atom. The number of benzene rings is 2. The van der Waals surface area contributed by atoms with Crippen LogP contribution in [0.4, 0.5) is 4.39 Å². The summed E-state index contributed by atoms with van der Waals surface area (Å²) in [7, 11) is -3.75. The van der Waals surface area contributed by atoms with Gasteiger partial charge in [0.15, 0.2) is 0 Å². The Kier molecular flexibility index (Phi) is 5.37. The van der Waals surface area contributed by atoms with Gasteiger partial charge < -0.3 is 9.64 Å². The molecular formula is C20H20ClFN2O4S. The maximum atomic E-state index is 13.2. The third kappa shape index (κ3) is 3.77. The molecule has 2 aromatic rings. The van der Waals surface area contributed by atoms with Crippen LogP contribution in [-0.2, 0) is 14.8 Å². The molecular weight excluding hydrogens is 419 g/mol. The molecule has 9 heteroatoms. The van der Waals surface area contributed by atoms with Crippen molar-refractivity contribution in [3.8, 4) is 0 Å². The molecule has 2 aliphatic heterocycles. The second-order valence-electron chi connectivity index (χ2n) is 7.12. The number of piperidine rings is 1. The number of amides is 1. The molecule has 1 amide bonds. The number of halogens is 2. The Balaban J connectivity index is 1.51. The molecule has 0 aromatic heterocycles. The van der Waals surface area contributed by atoms with Gasteiger partial charge >= 0.3 is 0 Å². The van der Waals surface area contributed by atoms with E-state index in [1.807, 2.05) is 0 Å². The van der Waals surface area contributed by atoms with Crippen LogP contribution in [-0.4, -0.2) is 55.5 Å². The summed E-state index contributed by atoms with van der Waals surface area (Å²) >= 11 is 5.88. The number of hydrogen-bond donors (Lipinski definition) is 0. The average Bonchev–Trinajstić information content (AvgIpc) is 3.13. The third-order valence-electron chi connectivity index (χ3n) is 5.44. The van der Waals surface area contributed by atoms with Crippen LogP contribution >= 0.6 is 11.6 Å². The lowest BCUT2D eigenvalue weighted by Crippen LogP contribution is -2.55. The van der Waals surface area contributed by atoms with Gasteiger partial charge in [-0.25, -0.2) is 12.8 Å². The molecule has 0 N–H and O–H groups in total. The van der Waals surface area contributed by atoms with Crippen LogP contribution in [0.1, 0.15) is 23.2 Å². The Labute approximate surface area is 173 Å². The van der Waals surface area contributed by atoms with Crippen molar-refractivity contribution in [3.63, 3.8) is 0 Å². The van der Waals surface area contributed by atoms with Gasteiger partial charge in [-0.3, -0.25) is 4.79 Å². The summed E-state index contributed by atoms with van der Waals surface area (Å²) in [6.45, 7) is 1.27. The number of rotatable bonds is 3. The first-order valence-corrected chi connectivity index (χ1v) is 11.1. The van der Waals surface area contributed by atoms with Crippen molar-refractivity contribution in [2.75, 3.05) is 26.2 Å². The number of carbonyl (C=O) groups is 1. The van der Waals surface area contributed by atoms with Gasteiger partial charge in [-0.15, -0.1) is 0 Å². The van der Waals surface area contributed by atoms with Gasteiger partial charge in [-0.05, 0) is 48.5 Å². The van der Waals surface area contributed by atoms with Gasteiger partial charge in [0.1, 0.15) is 11.5 Å². The van der Waals surface area contributed by atoms with Crippen molar-refractivity contribution < 1.29 is 22.3 Å². The van der Waals surface area contributed by atoms with Crippen LogP contribution in [0.3, 0.4) is 0 Å². The normalized spacial score (nSPS) is 19.6. The number of ether oxygens (including phenoxy) is 1. The van der Waals surface area contributed by atoms with E-state index in [-0.39, 0.29) is 17.3 Å². The standard InChI is InChI=1S/C20H20ClFN2O4S/c21-16-3-7-18(8-4-16)29(26,27)24-13-14-28-20(24)9-11-23(12-10-20)19(25)15-1-5-17(22)6-2-15/h1-8H,9-14H2. The molecule has 2 aromatic carbocycles. The van der Waals surface area contributed by atoms with E-state index in [0.717, 1.165) is 0 Å². The Bertz CT molecular complexity index is 1000. The summed E-state index contributed by atoms with van der Waals surface area (Å²) in [5, 5.41) is 0.462. The first-order chi connectivity index (χ1) is 13.8. The zero-order chi connectivity index (χ0) is 20.6. The third-order valence-corrected chi connectivity index (χ3v) is 7.66. The van der Waals surface area contributed by atoms with Gasteiger partial charge in [0, 0.05) is 43.1 Å². The van der Waals surface area contributed by atoms with Gasteiger partial charge in [-0.1, -0.05) is 11.6 Å². The molecule has 2 saturated heterocycles. The van der Waals surface area contributed by atoms with Crippen LogP contribution in [0, 0.1) is 5.82 Å². The van der Waals surface area contributed by atoms with Gasteiger partial charge in [0.05, 0.1) is 11.5 Å². The smallest absolute Gasteiger partial charge is 0.253 e. The van der Waals surface area contributed by atoms with Crippen LogP contribution in [0.15, 0.2) is 53.4 Å². The van der Waals surface area contributed by atoms with Gasteiger partial charge in [0.2, 0.25) is 10.0 Å². The average molecular weight is 439 g/mol. The summed E-state index contributed by atoms with van der Waals surface area (Å²) < 4.78 is 46.8. The van der Waals surface area contributed by atoms with E-state index in [9.17, 15) is 17.6 Å². The minimum absolute atomic E-state index is 0.164. The topological polar surface area (TPSA) is 66.9 Å². The van der Waals surface area contributed by atoms with E-state index >= 15 is 0 Å². The Morgan fingerprint density at radius 3 is 2.24 bits per heavy atom. The predicted octanol–water partition coefficient (Wildman–Crippen LogP) is 3.13. The number of sulfonamides is 1. The SMILES string of the molecule is O=C(c1ccc(F)cc1)N1CCC2(CC1)OCCN2S(=O)(=O)c1ccc(Cl)cc1. The maximum Gasteiger partial charge on any atom is 0.253 e. The summed E-state index contributed by atoms with van der Waals surface area (Å²) in [6, 6.07) is 11.5. The Hall–Kier alpha value is -2.00. The molecule has 0 unspecified atom stereocenters. The van der Waals surface area contributed by atoms with E-state index in [0.29, 0.717) is 43.1 Å². The Morgan fingerprint density at radius 1 is 1.00 bits per heavy atom. The van der Waals surface area contributed by atoms with Gasteiger partial charge in [-0.2, -0.15) is 4.31 Å². The number of carbonyl (C=O) groups excluding carboxylic acids is 1. The van der Waals surface area contributed by atoms with E-state index in [4.69, 9.17) is 16.3 Å². The fourth-order valence-electron chi connectivity index (χ4n) is 3.90. The number of nitrogens with zero attached hydrogens (tertiary/aromatic N) is 2. The minimum Gasteiger partial charge on any atom is -0.358 e. The van der Waals surface area contributed by atoms with Crippen molar-refractivity contribution in [2.24, 2.45) is 0 Å². The molecule has 0 bridgehead atoms. The lowest BCUT2D eigenvalue weighted by molar-refractivity contribution is -0.0857. The fraction of sp³-hybridized carbons (Fsp3) is 0.350.